The van der Waals surface area contributed by atoms with Crippen LogP contribution >= 0.6 is 0 Å². The van der Waals surface area contributed by atoms with Crippen molar-refractivity contribution in [3.8, 4) is 5.88 Å². The van der Waals surface area contributed by atoms with Crippen molar-refractivity contribution in [2.45, 2.75) is 45.3 Å². The fourth-order valence-corrected chi connectivity index (χ4v) is 4.31. The van der Waals surface area contributed by atoms with Gasteiger partial charge in [0.25, 0.3) is 0 Å². The minimum Gasteiger partial charge on any atom is -0.474 e. The summed E-state index contributed by atoms with van der Waals surface area (Å²) < 4.78 is 11.8. The van der Waals surface area contributed by atoms with Crippen LogP contribution in [0.25, 0.3) is 10.9 Å². The molecule has 1 aliphatic heterocycles. The quantitative estimate of drug-likeness (QED) is 0.656. The third-order valence-electron chi connectivity index (χ3n) is 5.93. The Hall–Kier alpha value is -2.67. The monoisotopic (exact) mass is 393 g/mol. The van der Waals surface area contributed by atoms with E-state index < -0.39 is 0 Å². The van der Waals surface area contributed by atoms with Gasteiger partial charge in [0.2, 0.25) is 11.8 Å². The minimum absolute atomic E-state index is 0.291. The molecule has 0 unspecified atom stereocenters. The number of aryl methyl sites for hydroxylation is 1. The second-order valence-corrected chi connectivity index (χ2v) is 8.03. The largest absolute Gasteiger partial charge is 0.474 e. The summed E-state index contributed by atoms with van der Waals surface area (Å²) in [7, 11) is 0. The summed E-state index contributed by atoms with van der Waals surface area (Å²) in [6.45, 7) is 6.61. The Morgan fingerprint density at radius 3 is 2.66 bits per heavy atom. The van der Waals surface area contributed by atoms with Gasteiger partial charge < -0.3 is 14.1 Å². The summed E-state index contributed by atoms with van der Waals surface area (Å²) in [6.07, 6.45) is 8.42. The number of piperazine rings is 1. The molecule has 2 aliphatic rings. The topological polar surface area (TPSA) is 67.5 Å². The molecule has 0 atom stereocenters. The maximum absolute atomic E-state index is 6.22. The lowest BCUT2D eigenvalue weighted by atomic mass is 10.2. The smallest absolute Gasteiger partial charge is 0.224 e. The van der Waals surface area contributed by atoms with Crippen LogP contribution in [0.5, 0.6) is 5.88 Å². The fraction of sp³-hybridized carbons (Fsp3) is 0.500. The van der Waals surface area contributed by atoms with Crippen LogP contribution in [0.3, 0.4) is 0 Å². The van der Waals surface area contributed by atoms with Crippen LogP contribution in [0.15, 0.2) is 35.1 Å². The van der Waals surface area contributed by atoms with Gasteiger partial charge in [0.1, 0.15) is 18.2 Å². The zero-order valence-corrected chi connectivity index (χ0v) is 16.9. The van der Waals surface area contributed by atoms with E-state index in [2.05, 4.69) is 43.0 Å². The second-order valence-electron chi connectivity index (χ2n) is 8.03. The minimum atomic E-state index is 0.291. The van der Waals surface area contributed by atoms with Crippen molar-refractivity contribution < 1.29 is 9.15 Å². The van der Waals surface area contributed by atoms with E-state index in [4.69, 9.17) is 9.15 Å². The van der Waals surface area contributed by atoms with Gasteiger partial charge in [0.05, 0.1) is 23.6 Å². The molecule has 1 aliphatic carbocycles. The van der Waals surface area contributed by atoms with Crippen LogP contribution in [0.1, 0.15) is 37.3 Å². The number of rotatable bonds is 5. The summed E-state index contributed by atoms with van der Waals surface area (Å²) in [5, 5.41) is 1.01. The first-order chi connectivity index (χ1) is 14.2. The van der Waals surface area contributed by atoms with Gasteiger partial charge in [-0.1, -0.05) is 0 Å². The lowest BCUT2D eigenvalue weighted by molar-refractivity contribution is 0.204. The summed E-state index contributed by atoms with van der Waals surface area (Å²) in [6, 6.07) is 6.42. The number of benzene rings is 1. The molecule has 0 spiro atoms. The predicted octanol–water partition coefficient (Wildman–Crippen LogP) is 3.57. The van der Waals surface area contributed by atoms with Gasteiger partial charge in [0.15, 0.2) is 0 Å². The lowest BCUT2D eigenvalue weighted by Gasteiger charge is -2.35. The molecule has 2 aromatic heterocycles. The van der Waals surface area contributed by atoms with Crippen LogP contribution in [0.2, 0.25) is 0 Å². The van der Waals surface area contributed by atoms with Crippen molar-refractivity contribution in [1.82, 2.24) is 19.9 Å². The molecule has 5 rings (SSSR count). The van der Waals surface area contributed by atoms with E-state index in [0.29, 0.717) is 6.10 Å². The molecule has 1 saturated carbocycles. The van der Waals surface area contributed by atoms with Gasteiger partial charge in [-0.05, 0) is 50.8 Å². The molecule has 3 heterocycles. The van der Waals surface area contributed by atoms with Gasteiger partial charge in [-0.2, -0.15) is 0 Å². The van der Waals surface area contributed by atoms with Crippen molar-refractivity contribution in [1.29, 1.82) is 0 Å². The highest BCUT2D eigenvalue weighted by atomic mass is 16.5. The van der Waals surface area contributed by atoms with Crippen molar-refractivity contribution in [3.63, 3.8) is 0 Å². The summed E-state index contributed by atoms with van der Waals surface area (Å²) in [5.74, 6) is 2.39. The molecule has 7 nitrogen and oxygen atoms in total. The third-order valence-corrected chi connectivity index (χ3v) is 5.93. The van der Waals surface area contributed by atoms with Gasteiger partial charge >= 0.3 is 0 Å². The SMILES string of the molecule is Cc1cnc(CN2CCN(c3ccc4ncnc(OC5CCCC5)c4c3)CC2)o1. The van der Waals surface area contributed by atoms with Crippen molar-refractivity contribution in [2.75, 3.05) is 31.1 Å². The average Bonchev–Trinajstić information content (AvgIpc) is 3.40. The van der Waals surface area contributed by atoms with Gasteiger partial charge in [0, 0.05) is 31.9 Å². The summed E-state index contributed by atoms with van der Waals surface area (Å²) in [4.78, 5) is 18.0. The number of fused-ring (bicyclic) bond motifs is 1. The Kier molecular flexibility index (Phi) is 5.06. The van der Waals surface area contributed by atoms with Crippen LogP contribution in [-0.2, 0) is 6.54 Å². The molecule has 0 radical (unpaired) electrons. The van der Waals surface area contributed by atoms with Gasteiger partial charge in [-0.3, -0.25) is 4.90 Å². The first kappa shape index (κ1) is 18.4. The molecule has 2 fully saturated rings. The predicted molar refractivity (Wildman–Crippen MR) is 111 cm³/mol. The number of nitrogens with zero attached hydrogens (tertiary/aromatic N) is 5. The number of ether oxygens (including phenoxy) is 1. The van der Waals surface area contributed by atoms with Crippen molar-refractivity contribution in [2.24, 2.45) is 0 Å². The zero-order chi connectivity index (χ0) is 19.6. The molecular formula is C22H27N5O2. The number of oxazole rings is 1. The average molecular weight is 393 g/mol. The van der Waals surface area contributed by atoms with E-state index in [-0.39, 0.29) is 0 Å². The van der Waals surface area contributed by atoms with E-state index in [0.717, 1.165) is 74.0 Å². The fourth-order valence-electron chi connectivity index (χ4n) is 4.31. The molecule has 1 saturated heterocycles. The number of anilines is 1. The zero-order valence-electron chi connectivity index (χ0n) is 16.9. The Morgan fingerprint density at radius 2 is 1.90 bits per heavy atom. The Bertz CT molecular complexity index is 974. The summed E-state index contributed by atoms with van der Waals surface area (Å²) >= 11 is 0. The van der Waals surface area contributed by atoms with Crippen molar-refractivity contribution in [3.05, 3.63) is 42.4 Å². The highest BCUT2D eigenvalue weighted by Gasteiger charge is 2.21. The first-order valence-corrected chi connectivity index (χ1v) is 10.5. The van der Waals surface area contributed by atoms with Gasteiger partial charge in [-0.25, -0.2) is 15.0 Å². The lowest BCUT2D eigenvalue weighted by Crippen LogP contribution is -2.46. The Balaban J connectivity index is 1.29. The van der Waals surface area contributed by atoms with Crippen LogP contribution in [-0.4, -0.2) is 52.1 Å². The normalized spacial score (nSPS) is 18.6. The maximum atomic E-state index is 6.22. The van der Waals surface area contributed by atoms with Crippen LogP contribution < -0.4 is 9.64 Å². The van der Waals surface area contributed by atoms with Gasteiger partial charge in [-0.15, -0.1) is 0 Å². The highest BCUT2D eigenvalue weighted by molar-refractivity contribution is 5.86. The van der Waals surface area contributed by atoms with Crippen molar-refractivity contribution >= 4 is 16.6 Å². The van der Waals surface area contributed by atoms with E-state index in [9.17, 15) is 0 Å². The van der Waals surface area contributed by atoms with Crippen LogP contribution in [0.4, 0.5) is 5.69 Å². The highest BCUT2D eigenvalue weighted by Crippen LogP contribution is 2.30. The molecule has 0 N–H and O–H groups in total. The third kappa shape index (κ3) is 4.05. The first-order valence-electron chi connectivity index (χ1n) is 10.5. The van der Waals surface area contributed by atoms with E-state index in [1.807, 2.05) is 6.92 Å². The molecule has 0 amide bonds. The molecule has 3 aromatic rings. The standard InChI is InChI=1S/C22H27N5O2/c1-16-13-23-21(28-16)14-26-8-10-27(11-9-26)17-6-7-20-19(12-17)22(25-15-24-20)29-18-4-2-3-5-18/h6-7,12-13,15,18H,2-5,8-11,14H2,1H3. The Labute approximate surface area is 170 Å². The van der Waals surface area contributed by atoms with Crippen LogP contribution in [0, 0.1) is 6.92 Å². The number of aromatic nitrogens is 3. The van der Waals surface area contributed by atoms with E-state index in [1.54, 1.807) is 12.5 Å². The molecular weight excluding hydrogens is 366 g/mol. The number of hydrogen-bond donors (Lipinski definition) is 0. The second kappa shape index (κ2) is 7.99. The van der Waals surface area contributed by atoms with E-state index in [1.165, 1.54) is 18.5 Å². The molecule has 1 aromatic carbocycles. The summed E-state index contributed by atoms with van der Waals surface area (Å²) in [5.41, 5.74) is 2.14. The molecule has 0 bridgehead atoms. The molecule has 29 heavy (non-hydrogen) atoms. The Morgan fingerprint density at radius 1 is 1.07 bits per heavy atom. The molecule has 152 valence electrons. The van der Waals surface area contributed by atoms with E-state index >= 15 is 0 Å². The molecule has 7 heteroatoms. The number of hydrogen-bond acceptors (Lipinski definition) is 7. The maximum Gasteiger partial charge on any atom is 0.224 e.